The van der Waals surface area contributed by atoms with Crippen LogP contribution in [0, 0.1) is 5.82 Å². The van der Waals surface area contributed by atoms with Crippen LogP contribution in [0.1, 0.15) is 6.92 Å². The lowest BCUT2D eigenvalue weighted by atomic mass is 10.1. The number of halogens is 1. The molecule has 1 aromatic heterocycles. The Morgan fingerprint density at radius 2 is 1.94 bits per heavy atom. The number of nitrogens with zero attached hydrogens (tertiary/aromatic N) is 4. The first-order chi connectivity index (χ1) is 15.2. The van der Waals surface area contributed by atoms with Gasteiger partial charge < -0.3 is 15.0 Å². The lowest BCUT2D eigenvalue weighted by molar-refractivity contribution is -0.119. The maximum Gasteiger partial charge on any atom is 0.414 e. The second kappa shape index (κ2) is 8.69. The number of carbonyl (C=O) groups is 2. The Morgan fingerprint density at radius 1 is 1.25 bits per heavy atom. The molecule has 170 valence electrons. The predicted molar refractivity (Wildman–Crippen MR) is 115 cm³/mol. The first-order valence-corrected chi connectivity index (χ1v) is 11.8. The maximum absolute atomic E-state index is 14.8. The molecule has 1 aromatic carbocycles. The maximum atomic E-state index is 14.8. The van der Waals surface area contributed by atoms with E-state index in [1.54, 1.807) is 11.0 Å². The number of ether oxygens (including phenoxy) is 1. The zero-order valence-corrected chi connectivity index (χ0v) is 18.1. The zero-order valence-electron chi connectivity index (χ0n) is 17.3. The number of aromatic nitrogens is 2. The molecule has 3 heterocycles. The van der Waals surface area contributed by atoms with Crippen molar-refractivity contribution in [3.63, 3.8) is 0 Å². The molecule has 2 fully saturated rings. The Labute approximate surface area is 184 Å². The number of anilines is 2. The number of nitrogens with one attached hydrogen (secondary N) is 1. The molecule has 12 heteroatoms. The van der Waals surface area contributed by atoms with Crippen molar-refractivity contribution in [3.05, 3.63) is 36.4 Å². The molecule has 1 atom stereocenters. The van der Waals surface area contributed by atoms with E-state index in [1.807, 2.05) is 0 Å². The van der Waals surface area contributed by atoms with Crippen molar-refractivity contribution in [2.45, 2.75) is 13.0 Å². The Kier molecular flexibility index (Phi) is 5.96. The highest BCUT2D eigenvalue weighted by molar-refractivity contribution is 7.91. The second-order valence-electron chi connectivity index (χ2n) is 7.63. The standard InChI is InChI=1S/C20H22FN5O5S/c1-13(27)22-11-16-12-26(20(28)31-16)15-2-3-17(18(21)8-15)14-9-23-19(24-10-14)25-4-6-32(29,30)7-5-25/h2-3,8-10,16H,4-7,11-12H2,1H3,(H,22,27)/t16-/m0/s1. The summed E-state index contributed by atoms with van der Waals surface area (Å²) in [4.78, 5) is 34.8. The van der Waals surface area contributed by atoms with Crippen molar-refractivity contribution in [1.29, 1.82) is 0 Å². The summed E-state index contributed by atoms with van der Waals surface area (Å²) in [5, 5.41) is 2.59. The fourth-order valence-electron chi connectivity index (χ4n) is 3.54. The Morgan fingerprint density at radius 3 is 2.56 bits per heavy atom. The van der Waals surface area contributed by atoms with Crippen LogP contribution in [0.15, 0.2) is 30.6 Å². The van der Waals surface area contributed by atoms with Gasteiger partial charge in [-0.25, -0.2) is 27.6 Å². The number of benzene rings is 1. The first kappa shape index (κ1) is 21.9. The van der Waals surface area contributed by atoms with Gasteiger partial charge in [0.25, 0.3) is 0 Å². The van der Waals surface area contributed by atoms with Crippen LogP contribution in [0.4, 0.5) is 20.8 Å². The number of hydrogen-bond acceptors (Lipinski definition) is 8. The van der Waals surface area contributed by atoms with E-state index >= 15 is 0 Å². The number of rotatable bonds is 5. The van der Waals surface area contributed by atoms with Gasteiger partial charge in [0, 0.05) is 43.5 Å². The van der Waals surface area contributed by atoms with E-state index in [0.29, 0.717) is 30.3 Å². The fourth-order valence-corrected chi connectivity index (χ4v) is 4.74. The highest BCUT2D eigenvalue weighted by Gasteiger charge is 2.32. The van der Waals surface area contributed by atoms with Crippen molar-refractivity contribution < 1.29 is 27.1 Å². The van der Waals surface area contributed by atoms with Gasteiger partial charge in [-0.1, -0.05) is 0 Å². The number of carbonyl (C=O) groups excluding carboxylic acids is 2. The largest absolute Gasteiger partial charge is 0.442 e. The number of amides is 2. The molecule has 2 saturated heterocycles. The summed E-state index contributed by atoms with van der Waals surface area (Å²) in [5.74, 6) is -0.280. The number of sulfone groups is 1. The van der Waals surface area contributed by atoms with E-state index in [-0.39, 0.29) is 36.1 Å². The first-order valence-electron chi connectivity index (χ1n) is 10.0. The van der Waals surface area contributed by atoms with E-state index in [4.69, 9.17) is 4.74 Å². The molecule has 1 N–H and O–H groups in total. The molecule has 4 rings (SSSR count). The molecule has 0 radical (unpaired) electrons. The van der Waals surface area contributed by atoms with Crippen LogP contribution in [0.25, 0.3) is 11.1 Å². The van der Waals surface area contributed by atoms with Crippen LogP contribution in [0.2, 0.25) is 0 Å². The predicted octanol–water partition coefficient (Wildman–Crippen LogP) is 0.979. The third-order valence-corrected chi connectivity index (χ3v) is 6.90. The summed E-state index contributed by atoms with van der Waals surface area (Å²) in [5.41, 5.74) is 1.06. The van der Waals surface area contributed by atoms with Crippen LogP contribution in [0.5, 0.6) is 0 Å². The van der Waals surface area contributed by atoms with Gasteiger partial charge >= 0.3 is 6.09 Å². The van der Waals surface area contributed by atoms with Crippen LogP contribution in [-0.2, 0) is 19.4 Å². The molecule has 2 aliphatic rings. The van der Waals surface area contributed by atoms with Crippen LogP contribution < -0.4 is 15.1 Å². The molecule has 0 aliphatic carbocycles. The molecular formula is C20H22FN5O5S. The molecule has 0 unspecified atom stereocenters. The summed E-state index contributed by atoms with van der Waals surface area (Å²) in [6, 6.07) is 4.37. The third kappa shape index (κ3) is 4.79. The fraction of sp³-hybridized carbons (Fsp3) is 0.400. The minimum absolute atomic E-state index is 0.0544. The summed E-state index contributed by atoms with van der Waals surface area (Å²) in [6.45, 7) is 2.39. The van der Waals surface area contributed by atoms with Crippen molar-refractivity contribution in [2.24, 2.45) is 0 Å². The number of hydrogen-bond donors (Lipinski definition) is 1. The Hall–Kier alpha value is -3.28. The lowest BCUT2D eigenvalue weighted by Crippen LogP contribution is -2.41. The van der Waals surface area contributed by atoms with Gasteiger partial charge in [0.15, 0.2) is 9.84 Å². The van der Waals surface area contributed by atoms with Gasteiger partial charge in [0.1, 0.15) is 11.9 Å². The van der Waals surface area contributed by atoms with Gasteiger partial charge in [-0.15, -0.1) is 0 Å². The molecule has 0 bridgehead atoms. The van der Waals surface area contributed by atoms with E-state index in [0.717, 1.165) is 0 Å². The Bertz CT molecular complexity index is 1130. The van der Waals surface area contributed by atoms with Crippen molar-refractivity contribution in [2.75, 3.05) is 47.5 Å². The minimum Gasteiger partial charge on any atom is -0.442 e. The van der Waals surface area contributed by atoms with E-state index in [9.17, 15) is 22.4 Å². The highest BCUT2D eigenvalue weighted by Crippen LogP contribution is 2.29. The monoisotopic (exact) mass is 463 g/mol. The van der Waals surface area contributed by atoms with Crippen molar-refractivity contribution in [3.8, 4) is 11.1 Å². The summed E-state index contributed by atoms with van der Waals surface area (Å²) in [6.07, 6.45) is 1.84. The molecular weight excluding hydrogens is 441 g/mol. The third-order valence-electron chi connectivity index (χ3n) is 5.29. The molecule has 2 aliphatic heterocycles. The molecule has 2 aromatic rings. The smallest absolute Gasteiger partial charge is 0.414 e. The van der Waals surface area contributed by atoms with Crippen LogP contribution >= 0.6 is 0 Å². The van der Waals surface area contributed by atoms with Gasteiger partial charge in [-0.3, -0.25) is 9.69 Å². The highest BCUT2D eigenvalue weighted by atomic mass is 32.2. The molecule has 0 spiro atoms. The van der Waals surface area contributed by atoms with E-state index in [1.165, 1.54) is 36.4 Å². The zero-order chi connectivity index (χ0) is 22.9. The summed E-state index contributed by atoms with van der Waals surface area (Å²) < 4.78 is 43.2. The van der Waals surface area contributed by atoms with Gasteiger partial charge in [-0.05, 0) is 18.2 Å². The van der Waals surface area contributed by atoms with Gasteiger partial charge in [-0.2, -0.15) is 0 Å². The lowest BCUT2D eigenvalue weighted by Gasteiger charge is -2.26. The van der Waals surface area contributed by atoms with E-state index < -0.39 is 27.9 Å². The second-order valence-corrected chi connectivity index (χ2v) is 9.93. The average molecular weight is 463 g/mol. The minimum atomic E-state index is -3.01. The SMILES string of the molecule is CC(=O)NC[C@H]1CN(c2ccc(-c3cnc(N4CCS(=O)(=O)CC4)nc3)c(F)c2)C(=O)O1. The van der Waals surface area contributed by atoms with E-state index in [2.05, 4.69) is 15.3 Å². The topological polar surface area (TPSA) is 122 Å². The number of cyclic esters (lactones) is 1. The Balaban J connectivity index is 1.45. The van der Waals surface area contributed by atoms with Crippen LogP contribution in [-0.4, -0.2) is 74.2 Å². The summed E-state index contributed by atoms with van der Waals surface area (Å²) in [7, 11) is -3.01. The average Bonchev–Trinajstić information content (AvgIpc) is 3.13. The van der Waals surface area contributed by atoms with Gasteiger partial charge in [0.2, 0.25) is 11.9 Å². The molecule has 2 amide bonds. The summed E-state index contributed by atoms with van der Waals surface area (Å²) >= 11 is 0. The van der Waals surface area contributed by atoms with Crippen LogP contribution in [0.3, 0.4) is 0 Å². The van der Waals surface area contributed by atoms with Gasteiger partial charge in [0.05, 0.1) is 30.3 Å². The molecule has 0 saturated carbocycles. The van der Waals surface area contributed by atoms with Crippen molar-refractivity contribution >= 4 is 33.5 Å². The molecule has 10 nitrogen and oxygen atoms in total. The van der Waals surface area contributed by atoms with Crippen molar-refractivity contribution in [1.82, 2.24) is 15.3 Å². The molecule has 32 heavy (non-hydrogen) atoms. The quantitative estimate of drug-likeness (QED) is 0.696. The normalized spacial score (nSPS) is 20.2.